The Morgan fingerprint density at radius 2 is 2.13 bits per heavy atom. The zero-order chi connectivity index (χ0) is 15.8. The van der Waals surface area contributed by atoms with Gasteiger partial charge in [0.25, 0.3) is 0 Å². The first-order valence-electron chi connectivity index (χ1n) is 7.65. The smallest absolute Gasteiger partial charge is 0.229 e. The van der Waals surface area contributed by atoms with Gasteiger partial charge in [0.1, 0.15) is 0 Å². The Balaban J connectivity index is 0.00000264. The van der Waals surface area contributed by atoms with Gasteiger partial charge in [0, 0.05) is 38.9 Å². The van der Waals surface area contributed by atoms with E-state index in [1.54, 1.807) is 7.05 Å². The predicted octanol–water partition coefficient (Wildman–Crippen LogP) is 1.61. The van der Waals surface area contributed by atoms with E-state index in [1.165, 1.54) is 0 Å². The van der Waals surface area contributed by atoms with E-state index >= 15 is 0 Å². The van der Waals surface area contributed by atoms with Crippen molar-refractivity contribution in [3.8, 4) is 0 Å². The largest absolute Gasteiger partial charge is 0.380 e. The van der Waals surface area contributed by atoms with Gasteiger partial charge in [0.15, 0.2) is 5.96 Å². The first-order valence-corrected chi connectivity index (χ1v) is 7.65. The van der Waals surface area contributed by atoms with E-state index in [0.717, 1.165) is 5.69 Å². The molecule has 0 aliphatic carbocycles. The third-order valence-corrected chi connectivity index (χ3v) is 3.50. The number of nitrogens with zero attached hydrogens (tertiary/aromatic N) is 2. The molecule has 1 aromatic rings. The fourth-order valence-electron chi connectivity index (χ4n) is 2.44. The first kappa shape index (κ1) is 19.7. The minimum atomic E-state index is 0. The van der Waals surface area contributed by atoms with Crippen LogP contribution in [0.4, 0.5) is 5.69 Å². The molecule has 1 heterocycles. The summed E-state index contributed by atoms with van der Waals surface area (Å²) in [7, 11) is 1.72. The fourth-order valence-corrected chi connectivity index (χ4v) is 2.44. The van der Waals surface area contributed by atoms with E-state index in [1.807, 2.05) is 42.2 Å². The van der Waals surface area contributed by atoms with E-state index in [0.29, 0.717) is 38.7 Å². The topological polar surface area (TPSA) is 66.0 Å². The Morgan fingerprint density at radius 3 is 2.78 bits per heavy atom. The zero-order valence-corrected chi connectivity index (χ0v) is 15.9. The Morgan fingerprint density at radius 1 is 1.39 bits per heavy atom. The molecular weight excluding hydrogens is 407 g/mol. The Labute approximate surface area is 154 Å². The molecule has 6 nitrogen and oxygen atoms in total. The summed E-state index contributed by atoms with van der Waals surface area (Å²) >= 11 is 0. The van der Waals surface area contributed by atoms with Crippen LogP contribution >= 0.6 is 24.0 Å². The van der Waals surface area contributed by atoms with Crippen LogP contribution in [0.1, 0.15) is 13.3 Å². The summed E-state index contributed by atoms with van der Waals surface area (Å²) in [6, 6.07) is 9.80. The number of anilines is 1. The third-order valence-electron chi connectivity index (χ3n) is 3.50. The molecule has 1 atom stereocenters. The van der Waals surface area contributed by atoms with Gasteiger partial charge in [0.05, 0.1) is 12.6 Å². The zero-order valence-electron chi connectivity index (χ0n) is 13.6. The number of ether oxygens (including phenoxy) is 1. The number of para-hydroxylation sites is 1. The molecule has 23 heavy (non-hydrogen) atoms. The van der Waals surface area contributed by atoms with Crippen molar-refractivity contribution in [3.05, 3.63) is 30.3 Å². The van der Waals surface area contributed by atoms with E-state index in [4.69, 9.17) is 4.74 Å². The van der Waals surface area contributed by atoms with Crippen LogP contribution in [0.5, 0.6) is 0 Å². The second-order valence-corrected chi connectivity index (χ2v) is 5.08. The number of nitrogens with one attached hydrogen (secondary N) is 2. The maximum Gasteiger partial charge on any atom is 0.229 e. The van der Waals surface area contributed by atoms with E-state index in [2.05, 4.69) is 15.6 Å². The van der Waals surface area contributed by atoms with Gasteiger partial charge in [-0.2, -0.15) is 0 Å². The van der Waals surface area contributed by atoms with E-state index in [-0.39, 0.29) is 35.9 Å². The Hall–Kier alpha value is -1.35. The van der Waals surface area contributed by atoms with Gasteiger partial charge in [-0.25, -0.2) is 0 Å². The number of carbonyl (C=O) groups is 1. The maximum absolute atomic E-state index is 12.2. The van der Waals surface area contributed by atoms with Crippen LogP contribution < -0.4 is 15.5 Å². The summed E-state index contributed by atoms with van der Waals surface area (Å²) in [5.74, 6) is 0.834. The van der Waals surface area contributed by atoms with Gasteiger partial charge >= 0.3 is 0 Å². The number of hydrogen-bond donors (Lipinski definition) is 2. The van der Waals surface area contributed by atoms with Crippen molar-refractivity contribution in [2.24, 2.45) is 4.99 Å². The molecule has 0 aromatic heterocycles. The van der Waals surface area contributed by atoms with Crippen LogP contribution in [-0.4, -0.2) is 51.3 Å². The van der Waals surface area contributed by atoms with Crippen LogP contribution in [0, 0.1) is 0 Å². The number of hydrogen-bond acceptors (Lipinski definition) is 3. The lowest BCUT2D eigenvalue weighted by Crippen LogP contribution is -2.45. The number of carbonyl (C=O) groups excluding carboxylic acids is 1. The molecule has 1 unspecified atom stereocenters. The molecule has 1 aromatic carbocycles. The standard InChI is InChI=1S/C16H24N4O2.HI/c1-3-22-10-9-18-16(17-2)19-13-11-15(21)20(12-13)14-7-5-4-6-8-14;/h4-8,13H,3,9-12H2,1-2H3,(H2,17,18,19);1H. The summed E-state index contributed by atoms with van der Waals surface area (Å²) in [5.41, 5.74) is 0.941. The van der Waals surface area contributed by atoms with E-state index in [9.17, 15) is 4.79 Å². The van der Waals surface area contributed by atoms with Gasteiger partial charge in [-0.15, -0.1) is 24.0 Å². The summed E-state index contributed by atoms with van der Waals surface area (Å²) in [4.78, 5) is 18.2. The SMILES string of the molecule is CCOCCNC(=NC)NC1CC(=O)N(c2ccccc2)C1.I. The molecule has 2 rings (SSSR count). The molecule has 2 N–H and O–H groups in total. The molecule has 7 heteroatoms. The summed E-state index contributed by atoms with van der Waals surface area (Å²) < 4.78 is 5.28. The average molecular weight is 432 g/mol. The first-order chi connectivity index (χ1) is 10.7. The molecule has 1 aliphatic rings. The van der Waals surface area contributed by atoms with Gasteiger partial charge in [0.2, 0.25) is 5.91 Å². The van der Waals surface area contributed by atoms with Crippen molar-refractivity contribution < 1.29 is 9.53 Å². The lowest BCUT2D eigenvalue weighted by molar-refractivity contribution is -0.117. The van der Waals surface area contributed by atoms with Crippen LogP contribution in [0.25, 0.3) is 0 Å². The van der Waals surface area contributed by atoms with E-state index < -0.39 is 0 Å². The highest BCUT2D eigenvalue weighted by atomic mass is 127. The number of rotatable bonds is 6. The number of amides is 1. The molecule has 0 radical (unpaired) electrons. The Kier molecular flexibility index (Phi) is 8.93. The van der Waals surface area contributed by atoms with Gasteiger partial charge < -0.3 is 20.3 Å². The molecule has 0 bridgehead atoms. The van der Waals surface area contributed by atoms with Gasteiger partial charge in [-0.1, -0.05) is 18.2 Å². The lowest BCUT2D eigenvalue weighted by atomic mass is 10.2. The van der Waals surface area contributed by atoms with Crippen molar-refractivity contribution in [1.82, 2.24) is 10.6 Å². The highest BCUT2D eigenvalue weighted by Crippen LogP contribution is 2.20. The highest BCUT2D eigenvalue weighted by Gasteiger charge is 2.30. The third kappa shape index (κ3) is 5.98. The van der Waals surface area contributed by atoms with Crippen molar-refractivity contribution in [2.75, 3.05) is 38.3 Å². The fraction of sp³-hybridized carbons (Fsp3) is 0.500. The quantitative estimate of drug-likeness (QED) is 0.310. The molecule has 0 saturated carbocycles. The Bertz CT molecular complexity index is 510. The number of halogens is 1. The normalized spacial score (nSPS) is 17.8. The molecule has 128 valence electrons. The maximum atomic E-state index is 12.2. The van der Waals surface area contributed by atoms with Crippen LogP contribution in [0.15, 0.2) is 35.3 Å². The van der Waals surface area contributed by atoms with Crippen LogP contribution in [-0.2, 0) is 9.53 Å². The molecule has 0 spiro atoms. The average Bonchev–Trinajstić information content (AvgIpc) is 2.91. The molecule has 1 fully saturated rings. The molecule has 1 amide bonds. The minimum absolute atomic E-state index is 0. The summed E-state index contributed by atoms with van der Waals surface area (Å²) in [6.07, 6.45) is 0.473. The number of benzene rings is 1. The molecular formula is C16H25IN4O2. The predicted molar refractivity (Wildman–Crippen MR) is 104 cm³/mol. The van der Waals surface area contributed by atoms with Crippen LogP contribution in [0.2, 0.25) is 0 Å². The number of aliphatic imine (C=N–C) groups is 1. The van der Waals surface area contributed by atoms with Gasteiger partial charge in [-0.3, -0.25) is 9.79 Å². The minimum Gasteiger partial charge on any atom is -0.380 e. The van der Waals surface area contributed by atoms with Crippen molar-refractivity contribution in [1.29, 1.82) is 0 Å². The molecule has 1 saturated heterocycles. The van der Waals surface area contributed by atoms with Crippen molar-refractivity contribution in [3.63, 3.8) is 0 Å². The second-order valence-electron chi connectivity index (χ2n) is 5.08. The monoisotopic (exact) mass is 432 g/mol. The van der Waals surface area contributed by atoms with Crippen molar-refractivity contribution >= 4 is 41.5 Å². The summed E-state index contributed by atoms with van der Waals surface area (Å²) in [6.45, 7) is 4.65. The van der Waals surface area contributed by atoms with Gasteiger partial charge in [-0.05, 0) is 19.1 Å². The van der Waals surface area contributed by atoms with Crippen LogP contribution in [0.3, 0.4) is 0 Å². The number of guanidine groups is 1. The summed E-state index contributed by atoms with van der Waals surface area (Å²) in [5, 5.41) is 6.48. The lowest BCUT2D eigenvalue weighted by Gasteiger charge is -2.19. The highest BCUT2D eigenvalue weighted by molar-refractivity contribution is 14.0. The van der Waals surface area contributed by atoms with Crippen molar-refractivity contribution in [2.45, 2.75) is 19.4 Å². The second kappa shape index (κ2) is 10.4. The molecule has 1 aliphatic heterocycles.